The maximum atomic E-state index is 12.3. The molecule has 1 aliphatic rings. The van der Waals surface area contributed by atoms with Crippen LogP contribution in [0.4, 0.5) is 0 Å². The van der Waals surface area contributed by atoms with Crippen molar-refractivity contribution in [2.24, 2.45) is 11.8 Å². The second-order valence-corrected chi connectivity index (χ2v) is 6.69. The maximum absolute atomic E-state index is 12.3. The van der Waals surface area contributed by atoms with Gasteiger partial charge in [-0.05, 0) is 19.3 Å². The Labute approximate surface area is 127 Å². The summed E-state index contributed by atoms with van der Waals surface area (Å²) in [6.45, 7) is 3.84. The average Bonchev–Trinajstić information content (AvgIpc) is 2.38. The highest BCUT2D eigenvalue weighted by molar-refractivity contribution is 5.80. The summed E-state index contributed by atoms with van der Waals surface area (Å²) < 4.78 is 5.06. The molecule has 1 aliphatic carbocycles. The number of carbonyl (C=O) groups excluding carboxylic acids is 1. The topological polar surface area (TPSA) is 75.6 Å². The van der Waals surface area contributed by atoms with E-state index in [1.54, 1.807) is 6.92 Å². The Morgan fingerprint density at radius 3 is 2.48 bits per heavy atom. The Bertz CT molecular complexity index is 352. The summed E-state index contributed by atoms with van der Waals surface area (Å²) in [7, 11) is 1.51. The first-order chi connectivity index (χ1) is 9.86. The van der Waals surface area contributed by atoms with Crippen LogP contribution >= 0.6 is 0 Å². The van der Waals surface area contributed by atoms with Gasteiger partial charge in [0.2, 0.25) is 5.91 Å². The monoisotopic (exact) mass is 299 g/mol. The van der Waals surface area contributed by atoms with Crippen LogP contribution in [0.1, 0.15) is 58.8 Å². The van der Waals surface area contributed by atoms with Crippen LogP contribution in [0.2, 0.25) is 0 Å². The summed E-state index contributed by atoms with van der Waals surface area (Å²) in [6, 6.07) is 0. The van der Waals surface area contributed by atoms with Crippen molar-refractivity contribution in [3.63, 3.8) is 0 Å². The third-order valence-corrected chi connectivity index (χ3v) is 4.29. The van der Waals surface area contributed by atoms with E-state index in [-0.39, 0.29) is 24.9 Å². The van der Waals surface area contributed by atoms with E-state index in [4.69, 9.17) is 9.84 Å². The Morgan fingerprint density at radius 1 is 1.33 bits per heavy atom. The molecular formula is C16H29NO4. The number of carbonyl (C=O) groups is 2. The molecule has 0 saturated heterocycles. The molecule has 0 spiro atoms. The van der Waals surface area contributed by atoms with Gasteiger partial charge in [-0.3, -0.25) is 9.59 Å². The molecule has 1 saturated carbocycles. The van der Waals surface area contributed by atoms with Crippen molar-refractivity contribution in [2.45, 2.75) is 64.3 Å². The summed E-state index contributed by atoms with van der Waals surface area (Å²) in [5.41, 5.74) is -0.849. The Hall–Kier alpha value is -1.10. The summed E-state index contributed by atoms with van der Waals surface area (Å²) in [5, 5.41) is 11.9. The van der Waals surface area contributed by atoms with Crippen molar-refractivity contribution in [1.29, 1.82) is 0 Å². The average molecular weight is 299 g/mol. The minimum Gasteiger partial charge on any atom is -0.481 e. The second kappa shape index (κ2) is 8.37. The lowest BCUT2D eigenvalue weighted by atomic mass is 9.83. The van der Waals surface area contributed by atoms with Gasteiger partial charge in [-0.2, -0.15) is 0 Å². The van der Waals surface area contributed by atoms with E-state index in [1.165, 1.54) is 39.2 Å². The molecule has 5 heteroatoms. The van der Waals surface area contributed by atoms with Crippen molar-refractivity contribution in [1.82, 2.24) is 5.32 Å². The van der Waals surface area contributed by atoms with Crippen LogP contribution in [-0.2, 0) is 14.3 Å². The lowest BCUT2D eigenvalue weighted by Crippen LogP contribution is -2.52. The van der Waals surface area contributed by atoms with Gasteiger partial charge in [0.15, 0.2) is 0 Å². The predicted octanol–water partition coefficient (Wildman–Crippen LogP) is 2.59. The lowest BCUT2D eigenvalue weighted by Gasteiger charge is -2.31. The molecule has 0 bridgehead atoms. The van der Waals surface area contributed by atoms with Crippen molar-refractivity contribution in [3.05, 3.63) is 0 Å². The van der Waals surface area contributed by atoms with Crippen LogP contribution in [0.15, 0.2) is 0 Å². The molecule has 1 rings (SSSR count). The molecule has 21 heavy (non-hydrogen) atoms. The highest BCUT2D eigenvalue weighted by Crippen LogP contribution is 2.29. The number of rotatable bonds is 8. The first-order valence-electron chi connectivity index (χ1n) is 7.89. The first kappa shape index (κ1) is 18.0. The zero-order chi connectivity index (χ0) is 15.9. The van der Waals surface area contributed by atoms with E-state index < -0.39 is 11.5 Å². The minimum absolute atomic E-state index is 0.0682. The van der Waals surface area contributed by atoms with Crippen LogP contribution in [-0.4, -0.2) is 36.2 Å². The van der Waals surface area contributed by atoms with Gasteiger partial charge < -0.3 is 15.2 Å². The number of ether oxygens (including phenoxy) is 1. The molecule has 5 nitrogen and oxygen atoms in total. The van der Waals surface area contributed by atoms with E-state index in [0.717, 1.165) is 6.42 Å². The molecule has 0 aromatic heterocycles. The highest BCUT2D eigenvalue weighted by atomic mass is 16.5. The molecule has 1 amide bonds. The van der Waals surface area contributed by atoms with E-state index in [0.29, 0.717) is 5.92 Å². The largest absolute Gasteiger partial charge is 0.481 e. The molecule has 0 aromatic carbocycles. The fourth-order valence-electron chi connectivity index (χ4n) is 3.23. The van der Waals surface area contributed by atoms with E-state index in [9.17, 15) is 9.59 Å². The molecule has 2 N–H and O–H groups in total. The molecule has 0 heterocycles. The van der Waals surface area contributed by atoms with Crippen molar-refractivity contribution in [3.8, 4) is 0 Å². The van der Waals surface area contributed by atoms with E-state index >= 15 is 0 Å². The van der Waals surface area contributed by atoms with Gasteiger partial charge in [-0.1, -0.05) is 39.0 Å². The Balaban J connectivity index is 2.52. The van der Waals surface area contributed by atoms with Crippen molar-refractivity contribution >= 4 is 11.9 Å². The number of hydrogen-bond acceptors (Lipinski definition) is 3. The highest BCUT2D eigenvalue weighted by Gasteiger charge is 2.31. The van der Waals surface area contributed by atoms with Crippen LogP contribution in [0, 0.1) is 11.8 Å². The molecule has 2 atom stereocenters. The second-order valence-electron chi connectivity index (χ2n) is 6.69. The van der Waals surface area contributed by atoms with Gasteiger partial charge in [0.25, 0.3) is 0 Å². The minimum atomic E-state index is -0.935. The smallest absolute Gasteiger partial charge is 0.305 e. The Morgan fingerprint density at radius 2 is 1.95 bits per heavy atom. The zero-order valence-electron chi connectivity index (χ0n) is 13.5. The SMILES string of the molecule is COCC(C)(CC(=O)O)NC(=O)C(C)CC1CCCCC1. The molecule has 122 valence electrons. The van der Waals surface area contributed by atoms with Gasteiger partial charge in [0.1, 0.15) is 0 Å². The van der Waals surface area contributed by atoms with Crippen LogP contribution in [0.3, 0.4) is 0 Å². The van der Waals surface area contributed by atoms with Crippen molar-refractivity contribution < 1.29 is 19.4 Å². The zero-order valence-corrected chi connectivity index (χ0v) is 13.5. The van der Waals surface area contributed by atoms with Crippen LogP contribution in [0.25, 0.3) is 0 Å². The number of amides is 1. The predicted molar refractivity (Wildman–Crippen MR) is 81.0 cm³/mol. The summed E-state index contributed by atoms with van der Waals surface area (Å²) in [6.07, 6.45) is 7.01. The van der Waals surface area contributed by atoms with Gasteiger partial charge in [0, 0.05) is 13.0 Å². The normalized spacial score (nSPS) is 20.5. The molecule has 1 fully saturated rings. The fraction of sp³-hybridized carbons (Fsp3) is 0.875. The van der Waals surface area contributed by atoms with Crippen LogP contribution < -0.4 is 5.32 Å². The third-order valence-electron chi connectivity index (χ3n) is 4.29. The standard InChI is InChI=1S/C16H29NO4/c1-12(9-13-7-5-4-6-8-13)15(20)17-16(2,11-21-3)10-14(18)19/h12-13H,4-11H2,1-3H3,(H,17,20)(H,18,19). The van der Waals surface area contributed by atoms with Crippen molar-refractivity contribution in [2.75, 3.05) is 13.7 Å². The molecule has 0 radical (unpaired) electrons. The third kappa shape index (κ3) is 6.46. The van der Waals surface area contributed by atoms with Gasteiger partial charge in [0.05, 0.1) is 18.6 Å². The maximum Gasteiger partial charge on any atom is 0.305 e. The number of nitrogens with one attached hydrogen (secondary N) is 1. The lowest BCUT2D eigenvalue weighted by molar-refractivity contribution is -0.140. The van der Waals surface area contributed by atoms with Gasteiger partial charge in [-0.25, -0.2) is 0 Å². The van der Waals surface area contributed by atoms with Gasteiger partial charge >= 0.3 is 5.97 Å². The Kier molecular flexibility index (Phi) is 7.15. The first-order valence-corrected chi connectivity index (χ1v) is 7.89. The summed E-state index contributed by atoms with van der Waals surface area (Å²) in [5.74, 6) is -0.457. The number of carboxylic acid groups (broad SMARTS) is 1. The quantitative estimate of drug-likeness (QED) is 0.722. The molecule has 0 aromatic rings. The number of carboxylic acids is 1. The fourth-order valence-corrected chi connectivity index (χ4v) is 3.23. The van der Waals surface area contributed by atoms with E-state index in [2.05, 4.69) is 5.32 Å². The van der Waals surface area contributed by atoms with Gasteiger partial charge in [-0.15, -0.1) is 0 Å². The molecular weight excluding hydrogens is 270 g/mol. The summed E-state index contributed by atoms with van der Waals surface area (Å²) >= 11 is 0. The molecule has 0 aliphatic heterocycles. The number of aliphatic carboxylic acids is 1. The van der Waals surface area contributed by atoms with E-state index in [1.807, 2.05) is 6.92 Å². The molecule has 2 unspecified atom stereocenters. The number of methoxy groups -OCH3 is 1. The number of hydrogen-bond donors (Lipinski definition) is 2. The summed E-state index contributed by atoms with van der Waals surface area (Å²) in [4.78, 5) is 23.3. The van der Waals surface area contributed by atoms with Crippen LogP contribution in [0.5, 0.6) is 0 Å².